The van der Waals surface area contributed by atoms with Gasteiger partial charge in [-0.05, 0) is 23.8 Å². The van der Waals surface area contributed by atoms with E-state index in [2.05, 4.69) is 15.6 Å². The predicted molar refractivity (Wildman–Crippen MR) is 103 cm³/mol. The molecule has 0 aliphatic heterocycles. The number of nitrogens with one attached hydrogen (secondary N) is 2. The summed E-state index contributed by atoms with van der Waals surface area (Å²) in [6, 6.07) is 16.3. The van der Waals surface area contributed by atoms with Crippen molar-refractivity contribution >= 4 is 11.6 Å². The van der Waals surface area contributed by atoms with Gasteiger partial charge in [-0.15, -0.1) is 0 Å². The van der Waals surface area contributed by atoms with Crippen LogP contribution >= 0.6 is 0 Å². The highest BCUT2D eigenvalue weighted by Crippen LogP contribution is 2.12. The summed E-state index contributed by atoms with van der Waals surface area (Å²) in [6.45, 7) is 0.982. The van der Waals surface area contributed by atoms with E-state index in [1.807, 2.05) is 6.07 Å². The van der Waals surface area contributed by atoms with E-state index in [-0.39, 0.29) is 18.0 Å². The van der Waals surface area contributed by atoms with Gasteiger partial charge in [0.2, 0.25) is 0 Å². The number of benzene rings is 2. The lowest BCUT2D eigenvalue weighted by Crippen LogP contribution is -2.36. The second kappa shape index (κ2) is 9.31. The number of hydrogen-bond donors (Lipinski definition) is 2. The molecule has 1 heterocycles. The van der Waals surface area contributed by atoms with Crippen LogP contribution in [0.5, 0.6) is 0 Å². The summed E-state index contributed by atoms with van der Waals surface area (Å²) < 4.78 is 19.1. The fraction of sp³-hybridized carbons (Fsp3) is 0.150. The quantitative estimate of drug-likeness (QED) is 0.281. The number of furan rings is 1. The second-order valence-corrected chi connectivity index (χ2v) is 5.97. The summed E-state index contributed by atoms with van der Waals surface area (Å²) >= 11 is 0. The van der Waals surface area contributed by atoms with E-state index in [1.165, 1.54) is 18.2 Å². The maximum absolute atomic E-state index is 13.8. The summed E-state index contributed by atoms with van der Waals surface area (Å²) in [5.41, 5.74) is 1.36. The highest BCUT2D eigenvalue weighted by Gasteiger charge is 2.06. The van der Waals surface area contributed by atoms with Crippen LogP contribution in [0.25, 0.3) is 0 Å². The predicted octanol–water partition coefficient (Wildman–Crippen LogP) is 3.76. The number of nitrogens with zero attached hydrogens (tertiary/aromatic N) is 2. The highest BCUT2D eigenvalue weighted by atomic mass is 19.1. The van der Waals surface area contributed by atoms with E-state index >= 15 is 0 Å². The molecule has 1 aromatic heterocycles. The number of guanidine groups is 1. The lowest BCUT2D eigenvalue weighted by molar-refractivity contribution is -0.384. The SMILES string of the molecule is O=[N+]([O-])c1ccc(CN=C(NCc2ccco2)NCc2ccccc2F)cc1. The number of nitro benzene ring substituents is 1. The van der Waals surface area contributed by atoms with Crippen LogP contribution in [-0.4, -0.2) is 10.9 Å². The average molecular weight is 382 g/mol. The summed E-state index contributed by atoms with van der Waals surface area (Å²) in [5.74, 6) is 0.907. The van der Waals surface area contributed by atoms with Crippen LogP contribution < -0.4 is 10.6 Å². The van der Waals surface area contributed by atoms with Crippen molar-refractivity contribution in [3.8, 4) is 0 Å². The van der Waals surface area contributed by atoms with E-state index in [9.17, 15) is 14.5 Å². The summed E-state index contributed by atoms with van der Waals surface area (Å²) in [5, 5.41) is 17.0. The molecule has 7 nitrogen and oxygen atoms in total. The van der Waals surface area contributed by atoms with Gasteiger partial charge < -0.3 is 15.1 Å². The topological polar surface area (TPSA) is 92.7 Å². The smallest absolute Gasteiger partial charge is 0.269 e. The number of aliphatic imine (C=N–C) groups is 1. The van der Waals surface area contributed by atoms with Crippen LogP contribution in [-0.2, 0) is 19.6 Å². The molecule has 0 fully saturated rings. The molecule has 0 unspecified atom stereocenters. The fourth-order valence-corrected chi connectivity index (χ4v) is 2.47. The first kappa shape index (κ1) is 19.1. The normalized spacial score (nSPS) is 11.2. The molecule has 0 bridgehead atoms. The Hall–Kier alpha value is -3.68. The molecule has 3 aromatic rings. The minimum Gasteiger partial charge on any atom is -0.467 e. The molecule has 8 heteroatoms. The molecule has 2 N–H and O–H groups in total. The molecule has 0 aliphatic carbocycles. The molecule has 2 aromatic carbocycles. The monoisotopic (exact) mass is 382 g/mol. The lowest BCUT2D eigenvalue weighted by Gasteiger charge is -2.12. The molecule has 3 rings (SSSR count). The number of hydrogen-bond acceptors (Lipinski definition) is 4. The van der Waals surface area contributed by atoms with Gasteiger partial charge in [0, 0.05) is 24.2 Å². The molecule has 0 atom stereocenters. The fourth-order valence-electron chi connectivity index (χ4n) is 2.47. The van der Waals surface area contributed by atoms with Crippen molar-refractivity contribution in [3.05, 3.63) is 99.7 Å². The Labute approximate surface area is 161 Å². The minimum absolute atomic E-state index is 0.0292. The van der Waals surface area contributed by atoms with Crippen molar-refractivity contribution in [3.63, 3.8) is 0 Å². The number of non-ortho nitro benzene ring substituents is 1. The first-order chi connectivity index (χ1) is 13.6. The van der Waals surface area contributed by atoms with Gasteiger partial charge in [-0.3, -0.25) is 10.1 Å². The van der Waals surface area contributed by atoms with Crippen LogP contribution in [0.4, 0.5) is 10.1 Å². The average Bonchev–Trinajstić information content (AvgIpc) is 3.22. The van der Waals surface area contributed by atoms with Crippen LogP contribution in [0.2, 0.25) is 0 Å². The van der Waals surface area contributed by atoms with E-state index in [0.717, 1.165) is 11.3 Å². The van der Waals surface area contributed by atoms with E-state index in [4.69, 9.17) is 4.42 Å². The summed E-state index contributed by atoms with van der Waals surface area (Å²) in [4.78, 5) is 14.8. The Balaban J connectivity index is 1.67. The first-order valence-corrected chi connectivity index (χ1v) is 8.63. The standard InChI is InChI=1S/C20H19FN4O3/c21-19-6-2-1-4-16(19)13-23-20(24-14-18-5-3-11-28-18)22-12-15-7-9-17(10-8-15)25(26)27/h1-11H,12-14H2,(H2,22,23,24). The van der Waals surface area contributed by atoms with E-state index in [0.29, 0.717) is 24.6 Å². The molecule has 28 heavy (non-hydrogen) atoms. The Morgan fingerprint density at radius 2 is 1.79 bits per heavy atom. The molecular formula is C20H19FN4O3. The number of rotatable bonds is 7. The Kier molecular flexibility index (Phi) is 6.35. The molecule has 0 saturated carbocycles. The van der Waals surface area contributed by atoms with Gasteiger partial charge in [0.15, 0.2) is 5.96 Å². The summed E-state index contributed by atoms with van der Waals surface area (Å²) in [6.07, 6.45) is 1.58. The van der Waals surface area contributed by atoms with Gasteiger partial charge in [0.1, 0.15) is 11.6 Å². The Morgan fingerprint density at radius 1 is 1.04 bits per heavy atom. The van der Waals surface area contributed by atoms with Crippen LogP contribution in [0.1, 0.15) is 16.9 Å². The third-order valence-electron chi connectivity index (χ3n) is 3.98. The van der Waals surface area contributed by atoms with Crippen molar-refractivity contribution in [1.82, 2.24) is 10.6 Å². The molecule has 144 valence electrons. The second-order valence-electron chi connectivity index (χ2n) is 5.97. The number of halogens is 1. The van der Waals surface area contributed by atoms with E-state index < -0.39 is 4.92 Å². The zero-order valence-corrected chi connectivity index (χ0v) is 15.0. The Bertz CT molecular complexity index is 940. The zero-order valence-electron chi connectivity index (χ0n) is 15.0. The molecule has 0 saturated heterocycles. The van der Waals surface area contributed by atoms with Crippen LogP contribution in [0.15, 0.2) is 76.3 Å². The summed E-state index contributed by atoms with van der Waals surface area (Å²) in [7, 11) is 0. The van der Waals surface area contributed by atoms with Crippen molar-refractivity contribution in [2.24, 2.45) is 4.99 Å². The third kappa shape index (κ3) is 5.41. The van der Waals surface area contributed by atoms with Gasteiger partial charge in [0.05, 0.1) is 24.3 Å². The lowest BCUT2D eigenvalue weighted by atomic mass is 10.2. The first-order valence-electron chi connectivity index (χ1n) is 8.63. The van der Waals surface area contributed by atoms with Crippen molar-refractivity contribution in [2.45, 2.75) is 19.6 Å². The molecule has 0 amide bonds. The van der Waals surface area contributed by atoms with Gasteiger partial charge in [-0.25, -0.2) is 9.38 Å². The third-order valence-corrected chi connectivity index (χ3v) is 3.98. The molecular weight excluding hydrogens is 363 g/mol. The molecule has 0 radical (unpaired) electrons. The van der Waals surface area contributed by atoms with E-state index in [1.54, 1.807) is 42.7 Å². The maximum atomic E-state index is 13.8. The largest absolute Gasteiger partial charge is 0.467 e. The van der Waals surface area contributed by atoms with Gasteiger partial charge in [-0.1, -0.05) is 30.3 Å². The zero-order chi connectivity index (χ0) is 19.8. The maximum Gasteiger partial charge on any atom is 0.269 e. The van der Waals surface area contributed by atoms with Gasteiger partial charge in [-0.2, -0.15) is 0 Å². The number of nitro groups is 1. The van der Waals surface area contributed by atoms with Crippen LogP contribution in [0.3, 0.4) is 0 Å². The van der Waals surface area contributed by atoms with Crippen molar-refractivity contribution < 1.29 is 13.7 Å². The highest BCUT2D eigenvalue weighted by molar-refractivity contribution is 5.79. The molecule has 0 aliphatic rings. The van der Waals surface area contributed by atoms with Gasteiger partial charge >= 0.3 is 0 Å². The Morgan fingerprint density at radius 3 is 2.46 bits per heavy atom. The van der Waals surface area contributed by atoms with Crippen molar-refractivity contribution in [1.29, 1.82) is 0 Å². The minimum atomic E-state index is -0.445. The van der Waals surface area contributed by atoms with Crippen LogP contribution in [0, 0.1) is 15.9 Å². The van der Waals surface area contributed by atoms with Gasteiger partial charge in [0.25, 0.3) is 5.69 Å². The van der Waals surface area contributed by atoms with Crippen molar-refractivity contribution in [2.75, 3.05) is 0 Å². The molecule has 0 spiro atoms.